The van der Waals surface area contributed by atoms with Gasteiger partial charge in [-0.15, -0.1) is 0 Å². The zero-order valence-electron chi connectivity index (χ0n) is 40.4. The van der Waals surface area contributed by atoms with Crippen molar-refractivity contribution in [3.8, 4) is 34.4 Å². The van der Waals surface area contributed by atoms with E-state index in [9.17, 15) is 40.7 Å². The largest absolute Gasteiger partial charge is 0.494 e. The van der Waals surface area contributed by atoms with Crippen LogP contribution in [-0.2, 0) is 23.8 Å². The van der Waals surface area contributed by atoms with E-state index in [4.69, 9.17) is 29.8 Å². The van der Waals surface area contributed by atoms with E-state index in [1.54, 1.807) is 35.8 Å². The van der Waals surface area contributed by atoms with Gasteiger partial charge in [0, 0.05) is 66.2 Å². The van der Waals surface area contributed by atoms with Crippen LogP contribution in [-0.4, -0.2) is 103 Å². The van der Waals surface area contributed by atoms with Crippen LogP contribution in [0.4, 0.5) is 32.3 Å². The quantitative estimate of drug-likeness (QED) is 0.0764. The maximum atomic E-state index is 14.1. The first-order chi connectivity index (χ1) is 35.7. The number of nitrogens with one attached hydrogen (secondary N) is 2. The molecule has 3 fully saturated rings. The summed E-state index contributed by atoms with van der Waals surface area (Å²) < 4.78 is 106. The number of pyridine rings is 2. The molecule has 19 nitrogen and oxygen atoms in total. The van der Waals surface area contributed by atoms with Gasteiger partial charge in [0.1, 0.15) is 40.5 Å². The Bertz CT molecular complexity index is 3340. The molecule has 1 aliphatic carbocycles. The maximum Gasteiger partial charge on any atom is 0.433 e. The van der Waals surface area contributed by atoms with E-state index in [2.05, 4.69) is 40.5 Å². The first-order valence-electron chi connectivity index (χ1n) is 23.9. The van der Waals surface area contributed by atoms with Crippen molar-refractivity contribution in [1.29, 1.82) is 0 Å². The number of rotatable bonds is 14. The van der Waals surface area contributed by atoms with Crippen LogP contribution in [0.25, 0.3) is 44.7 Å². The molecule has 1 saturated carbocycles. The summed E-state index contributed by atoms with van der Waals surface area (Å²) in [6.07, 6.45) is -5.37. The van der Waals surface area contributed by atoms with Crippen LogP contribution in [0.1, 0.15) is 101 Å². The number of nitrogens with two attached hydrogens (primary N) is 2. The molecule has 6 N–H and O–H groups in total. The highest BCUT2D eigenvalue weighted by Gasteiger charge is 2.41. The molecule has 392 valence electrons. The number of piperidine rings is 1. The van der Waals surface area contributed by atoms with Gasteiger partial charge in [-0.05, 0) is 94.1 Å². The van der Waals surface area contributed by atoms with Crippen molar-refractivity contribution in [1.82, 2.24) is 45.0 Å². The molecular weight excluding hydrogens is 995 g/mol. The Labute approximate surface area is 422 Å². The summed E-state index contributed by atoms with van der Waals surface area (Å²) in [7, 11) is 1.31. The number of methoxy groups -OCH3 is 1. The maximum absolute atomic E-state index is 14.1. The Morgan fingerprint density at radius 3 is 1.83 bits per heavy atom. The van der Waals surface area contributed by atoms with Gasteiger partial charge in [0.2, 0.25) is 23.6 Å². The number of hydrogen-bond acceptors (Lipinski definition) is 16. The highest BCUT2D eigenvalue weighted by atomic mass is 19.4. The molecule has 3 aliphatic rings. The number of carbonyl (C=O) groups is 3. The Morgan fingerprint density at radius 1 is 0.707 bits per heavy atom. The van der Waals surface area contributed by atoms with Crippen molar-refractivity contribution < 1.29 is 59.0 Å². The van der Waals surface area contributed by atoms with Crippen LogP contribution in [0.3, 0.4) is 0 Å². The number of nitrogens with zero attached hydrogens (tertiary/aromatic N) is 8. The van der Waals surface area contributed by atoms with Crippen molar-refractivity contribution in [2.24, 2.45) is 17.4 Å². The third-order valence-electron chi connectivity index (χ3n) is 13.1. The number of oxazole rings is 2. The first kappa shape index (κ1) is 50.6. The van der Waals surface area contributed by atoms with Crippen molar-refractivity contribution >= 4 is 45.5 Å². The van der Waals surface area contributed by atoms with Gasteiger partial charge in [0.05, 0.1) is 30.9 Å². The van der Waals surface area contributed by atoms with Crippen molar-refractivity contribution in [2.45, 2.75) is 82.7 Å². The van der Waals surface area contributed by atoms with E-state index in [-0.39, 0.29) is 129 Å². The number of halogens is 6. The molecule has 0 bridgehead atoms. The standard InChI is InChI=1S/C50H48F6N12O7/c1-23(57)41-39(43(69)60-28-20-68(21-28)46(70)25-4-5-25)65-44(74-41)32-7-11-34(38-30(32)9-13-36(64-38)50(54,55)56)73-22-27-14-17-59-48(62-27)61-26-15-18-67(19-16-26)47(71)40-42(24(2)58)75-45(66-40)31-6-10-33(72-3)37-29(31)8-12-35(63-37)49(51,52)53/h6-14,17,23-26,28H,4-5,15-16,18-22,57-58H2,1-3H3,(H,60,69)(H,59,61,62)/t23-,24-/m0/s1. The van der Waals surface area contributed by atoms with E-state index in [1.807, 2.05) is 0 Å². The molecule has 2 atom stereocenters. The molecule has 25 heteroatoms. The highest BCUT2D eigenvalue weighted by Crippen LogP contribution is 2.40. The fourth-order valence-corrected chi connectivity index (χ4v) is 9.03. The van der Waals surface area contributed by atoms with Crippen LogP contribution < -0.4 is 31.6 Å². The average Bonchev–Trinajstić information content (AvgIpc) is 3.97. The number of carbonyl (C=O) groups excluding carboxylic acids is 3. The number of hydrogen-bond donors (Lipinski definition) is 4. The summed E-state index contributed by atoms with van der Waals surface area (Å²) in [5.74, 6) is -0.560. The number of ether oxygens (including phenoxy) is 2. The normalized spacial score (nSPS) is 16.5. The smallest absolute Gasteiger partial charge is 0.433 e. The number of benzene rings is 2. The molecule has 2 aromatic carbocycles. The number of amides is 3. The van der Waals surface area contributed by atoms with Crippen molar-refractivity contribution in [2.75, 3.05) is 38.6 Å². The lowest BCUT2D eigenvalue weighted by Gasteiger charge is -2.39. The molecule has 10 rings (SSSR count). The zero-order chi connectivity index (χ0) is 53.1. The topological polar surface area (TPSA) is 256 Å². The van der Waals surface area contributed by atoms with Gasteiger partial charge < -0.3 is 50.2 Å². The third kappa shape index (κ3) is 10.3. The first-order valence-corrected chi connectivity index (χ1v) is 23.9. The number of likely N-dealkylation sites (tertiary alicyclic amines) is 2. The molecule has 0 unspecified atom stereocenters. The van der Waals surface area contributed by atoms with Gasteiger partial charge >= 0.3 is 12.4 Å². The summed E-state index contributed by atoms with van der Waals surface area (Å²) in [5, 5.41) is 6.58. The average molecular weight is 1040 g/mol. The van der Waals surface area contributed by atoms with E-state index in [0.717, 1.165) is 25.0 Å². The molecule has 3 amide bonds. The lowest BCUT2D eigenvalue weighted by atomic mass is 10.0. The molecule has 7 heterocycles. The minimum atomic E-state index is -4.80. The molecule has 0 radical (unpaired) electrons. The van der Waals surface area contributed by atoms with Gasteiger partial charge in [-0.25, -0.2) is 29.9 Å². The van der Waals surface area contributed by atoms with Crippen LogP contribution >= 0.6 is 0 Å². The molecule has 7 aromatic rings. The van der Waals surface area contributed by atoms with Gasteiger partial charge in [0.15, 0.2) is 22.9 Å². The second kappa shape index (κ2) is 19.7. The number of alkyl halides is 6. The Morgan fingerprint density at radius 2 is 1.27 bits per heavy atom. The van der Waals surface area contributed by atoms with Crippen molar-refractivity contribution in [3.63, 3.8) is 0 Å². The summed E-state index contributed by atoms with van der Waals surface area (Å²) in [6.45, 7) is 4.28. The summed E-state index contributed by atoms with van der Waals surface area (Å²) >= 11 is 0. The second-order valence-corrected chi connectivity index (χ2v) is 18.7. The fourth-order valence-electron chi connectivity index (χ4n) is 9.03. The fraction of sp³-hybridized carbons (Fsp3) is 0.380. The molecule has 2 saturated heterocycles. The van der Waals surface area contributed by atoms with Crippen LogP contribution in [0, 0.1) is 5.92 Å². The van der Waals surface area contributed by atoms with Crippen LogP contribution in [0.5, 0.6) is 11.5 Å². The molecule has 2 aliphatic heterocycles. The minimum absolute atomic E-state index is 0.0162. The number of fused-ring (bicyclic) bond motifs is 2. The van der Waals surface area contributed by atoms with E-state index >= 15 is 0 Å². The van der Waals surface area contributed by atoms with E-state index < -0.39 is 47.6 Å². The predicted molar refractivity (Wildman–Crippen MR) is 256 cm³/mol. The van der Waals surface area contributed by atoms with Crippen LogP contribution in [0.15, 0.2) is 69.6 Å². The van der Waals surface area contributed by atoms with Gasteiger partial charge in [-0.3, -0.25) is 14.4 Å². The van der Waals surface area contributed by atoms with Gasteiger partial charge in [0.25, 0.3) is 11.8 Å². The monoisotopic (exact) mass is 1040 g/mol. The van der Waals surface area contributed by atoms with Gasteiger partial charge in [-0.1, -0.05) is 0 Å². The minimum Gasteiger partial charge on any atom is -0.494 e. The highest BCUT2D eigenvalue weighted by molar-refractivity contribution is 6.00. The molecule has 5 aromatic heterocycles. The van der Waals surface area contributed by atoms with E-state index in [0.29, 0.717) is 31.6 Å². The Balaban J connectivity index is 0.811. The lowest BCUT2D eigenvalue weighted by Crippen LogP contribution is -2.61. The predicted octanol–water partition coefficient (Wildman–Crippen LogP) is 7.61. The molecule has 75 heavy (non-hydrogen) atoms. The van der Waals surface area contributed by atoms with Gasteiger partial charge in [-0.2, -0.15) is 26.3 Å². The zero-order valence-corrected chi connectivity index (χ0v) is 40.4. The third-order valence-corrected chi connectivity index (χ3v) is 13.1. The summed E-state index contributed by atoms with van der Waals surface area (Å²) in [5.41, 5.74) is 10.6. The number of aromatic nitrogens is 6. The summed E-state index contributed by atoms with van der Waals surface area (Å²) in [6, 6.07) is 9.57. The Kier molecular flexibility index (Phi) is 13.3. The van der Waals surface area contributed by atoms with Crippen LogP contribution in [0.2, 0.25) is 0 Å². The Hall–Kier alpha value is -7.93. The summed E-state index contributed by atoms with van der Waals surface area (Å²) in [4.78, 5) is 68.8. The van der Waals surface area contributed by atoms with E-state index in [1.165, 1.54) is 43.6 Å². The molecule has 0 spiro atoms. The SMILES string of the molecule is COc1ccc(-c2nc(C(=O)N3CCC(Nc4nccc(COc5ccc(-c6nc(C(=O)NC7CN(C(=O)C8CC8)C7)c([C@H](C)N)o6)c6ccc(C(F)(F)F)nc56)n4)CC3)c([C@H](C)N)o2)c2ccc(C(F)(F)F)nc12. The van der Waals surface area contributed by atoms with Crippen molar-refractivity contribution in [3.05, 3.63) is 101 Å². The lowest BCUT2D eigenvalue weighted by molar-refractivity contribution is -0.141. The molecular formula is C50H48F6N12O7. The second-order valence-electron chi connectivity index (χ2n) is 18.7. The number of anilines is 1.